The summed E-state index contributed by atoms with van der Waals surface area (Å²) in [5, 5.41) is 11.2. The van der Waals surface area contributed by atoms with Gasteiger partial charge in [-0.05, 0) is 24.6 Å². The quantitative estimate of drug-likeness (QED) is 0.824. The first-order chi connectivity index (χ1) is 7.24. The number of nitrogens with zero attached hydrogens (tertiary/aromatic N) is 3. The number of rotatable bonds is 3. The molecule has 0 radical (unpaired) electrons. The van der Waals surface area contributed by atoms with Crippen molar-refractivity contribution in [1.29, 1.82) is 0 Å². The summed E-state index contributed by atoms with van der Waals surface area (Å²) >= 11 is 0. The van der Waals surface area contributed by atoms with Crippen LogP contribution in [0, 0.1) is 6.92 Å². The summed E-state index contributed by atoms with van der Waals surface area (Å²) < 4.78 is 1.70. The predicted molar refractivity (Wildman–Crippen MR) is 59.5 cm³/mol. The van der Waals surface area contributed by atoms with Crippen LogP contribution in [0.15, 0.2) is 30.5 Å². The second-order valence-corrected chi connectivity index (χ2v) is 3.61. The van der Waals surface area contributed by atoms with E-state index < -0.39 is 0 Å². The van der Waals surface area contributed by atoms with Crippen LogP contribution >= 0.6 is 0 Å². The Balaban J connectivity index is 1.99. The fraction of sp³-hybridized carbons (Fsp3) is 0.273. The number of benzene rings is 1. The first-order valence-electron chi connectivity index (χ1n) is 4.90. The molecule has 0 amide bonds. The maximum atomic E-state index is 4.00. The van der Waals surface area contributed by atoms with Gasteiger partial charge in [0.15, 0.2) is 0 Å². The molecule has 4 heteroatoms. The van der Waals surface area contributed by atoms with E-state index in [0.29, 0.717) is 6.54 Å². The van der Waals surface area contributed by atoms with Crippen LogP contribution in [0.4, 0.5) is 5.69 Å². The summed E-state index contributed by atoms with van der Waals surface area (Å²) in [5.41, 5.74) is 3.30. The van der Waals surface area contributed by atoms with Crippen molar-refractivity contribution >= 4 is 5.69 Å². The van der Waals surface area contributed by atoms with Crippen LogP contribution in [0.25, 0.3) is 0 Å². The van der Waals surface area contributed by atoms with Gasteiger partial charge >= 0.3 is 0 Å². The minimum atomic E-state index is 0.706. The topological polar surface area (TPSA) is 42.7 Å². The molecule has 0 fully saturated rings. The van der Waals surface area contributed by atoms with Crippen LogP contribution in [0.3, 0.4) is 0 Å². The Morgan fingerprint density at radius 1 is 1.40 bits per heavy atom. The minimum absolute atomic E-state index is 0.706. The lowest BCUT2D eigenvalue weighted by atomic mass is 10.2. The van der Waals surface area contributed by atoms with Gasteiger partial charge in [-0.25, -0.2) is 0 Å². The van der Waals surface area contributed by atoms with Gasteiger partial charge in [-0.15, -0.1) is 5.10 Å². The third-order valence-electron chi connectivity index (χ3n) is 2.14. The molecular formula is C11H14N4. The molecule has 15 heavy (non-hydrogen) atoms. The first-order valence-corrected chi connectivity index (χ1v) is 4.90. The monoisotopic (exact) mass is 202 g/mol. The summed E-state index contributed by atoms with van der Waals surface area (Å²) in [4.78, 5) is 0. The fourth-order valence-electron chi connectivity index (χ4n) is 1.42. The molecule has 0 aliphatic heterocycles. The van der Waals surface area contributed by atoms with Crippen molar-refractivity contribution in [1.82, 2.24) is 15.0 Å². The third kappa shape index (κ3) is 2.56. The van der Waals surface area contributed by atoms with Crippen LogP contribution in [-0.2, 0) is 13.6 Å². The molecule has 1 aromatic carbocycles. The predicted octanol–water partition coefficient (Wildman–Crippen LogP) is 1.74. The SMILES string of the molecule is Cc1cccc(NCc2cn(C)nn2)c1. The minimum Gasteiger partial charge on any atom is -0.379 e. The van der Waals surface area contributed by atoms with Crippen LogP contribution < -0.4 is 5.32 Å². The molecule has 78 valence electrons. The van der Waals surface area contributed by atoms with Crippen LogP contribution in [0.5, 0.6) is 0 Å². The largest absolute Gasteiger partial charge is 0.379 e. The maximum absolute atomic E-state index is 4.00. The Kier molecular flexibility index (Phi) is 2.67. The van der Waals surface area contributed by atoms with E-state index in [2.05, 4.69) is 34.7 Å². The van der Waals surface area contributed by atoms with Gasteiger partial charge in [0.2, 0.25) is 0 Å². The smallest absolute Gasteiger partial charge is 0.102 e. The third-order valence-corrected chi connectivity index (χ3v) is 2.14. The fourth-order valence-corrected chi connectivity index (χ4v) is 1.42. The lowest BCUT2D eigenvalue weighted by molar-refractivity contribution is 0.713. The van der Waals surface area contributed by atoms with Crippen LogP contribution in [0.2, 0.25) is 0 Å². The van der Waals surface area contributed by atoms with Crippen molar-refractivity contribution < 1.29 is 0 Å². The molecule has 2 rings (SSSR count). The van der Waals surface area contributed by atoms with Gasteiger partial charge in [0.1, 0.15) is 5.69 Å². The summed E-state index contributed by atoms with van der Waals surface area (Å²) in [7, 11) is 1.86. The summed E-state index contributed by atoms with van der Waals surface area (Å²) in [6.07, 6.45) is 1.91. The number of hydrogen-bond acceptors (Lipinski definition) is 3. The zero-order valence-corrected chi connectivity index (χ0v) is 8.94. The molecule has 0 saturated heterocycles. The first kappa shape index (κ1) is 9.71. The zero-order chi connectivity index (χ0) is 10.7. The zero-order valence-electron chi connectivity index (χ0n) is 8.94. The van der Waals surface area contributed by atoms with Gasteiger partial charge in [-0.3, -0.25) is 4.68 Å². The van der Waals surface area contributed by atoms with Gasteiger partial charge in [0.05, 0.1) is 6.54 Å². The highest BCUT2D eigenvalue weighted by atomic mass is 15.4. The Morgan fingerprint density at radius 2 is 2.27 bits per heavy atom. The lowest BCUT2D eigenvalue weighted by Gasteiger charge is -2.04. The molecule has 1 heterocycles. The van der Waals surface area contributed by atoms with Gasteiger partial charge in [0, 0.05) is 18.9 Å². The van der Waals surface area contributed by atoms with E-state index in [1.807, 2.05) is 25.4 Å². The normalized spacial score (nSPS) is 10.3. The van der Waals surface area contributed by atoms with Crippen molar-refractivity contribution in [2.45, 2.75) is 13.5 Å². The van der Waals surface area contributed by atoms with Crippen LogP contribution in [0.1, 0.15) is 11.3 Å². The van der Waals surface area contributed by atoms with Crippen molar-refractivity contribution in [2.75, 3.05) is 5.32 Å². The average molecular weight is 202 g/mol. The number of aromatic nitrogens is 3. The molecule has 0 spiro atoms. The second-order valence-electron chi connectivity index (χ2n) is 3.61. The maximum Gasteiger partial charge on any atom is 0.102 e. The van der Waals surface area contributed by atoms with E-state index in [0.717, 1.165) is 11.4 Å². The van der Waals surface area contributed by atoms with E-state index in [4.69, 9.17) is 0 Å². The van der Waals surface area contributed by atoms with Gasteiger partial charge in [-0.1, -0.05) is 17.3 Å². The average Bonchev–Trinajstić information content (AvgIpc) is 2.62. The second kappa shape index (κ2) is 4.13. The molecule has 1 N–H and O–H groups in total. The van der Waals surface area contributed by atoms with E-state index in [1.54, 1.807) is 4.68 Å². The van der Waals surface area contributed by atoms with Gasteiger partial charge in [-0.2, -0.15) is 0 Å². The Bertz CT molecular complexity index is 447. The highest BCUT2D eigenvalue weighted by Crippen LogP contribution is 2.10. The van der Waals surface area contributed by atoms with E-state index in [9.17, 15) is 0 Å². The number of anilines is 1. The lowest BCUT2D eigenvalue weighted by Crippen LogP contribution is -1.99. The Labute approximate surface area is 88.9 Å². The number of aryl methyl sites for hydroxylation is 2. The molecule has 0 bridgehead atoms. The Hall–Kier alpha value is -1.84. The number of nitrogens with one attached hydrogen (secondary N) is 1. The highest BCUT2D eigenvalue weighted by molar-refractivity contribution is 5.45. The summed E-state index contributed by atoms with van der Waals surface area (Å²) in [6, 6.07) is 8.27. The van der Waals surface area contributed by atoms with E-state index in [-0.39, 0.29) is 0 Å². The van der Waals surface area contributed by atoms with Gasteiger partial charge < -0.3 is 5.32 Å². The molecule has 0 aliphatic rings. The molecule has 0 atom stereocenters. The van der Waals surface area contributed by atoms with Crippen molar-refractivity contribution in [3.05, 3.63) is 41.7 Å². The standard InChI is InChI=1S/C11H14N4/c1-9-4-3-5-10(6-9)12-7-11-8-15(2)14-13-11/h3-6,8,12H,7H2,1-2H3. The molecule has 4 nitrogen and oxygen atoms in total. The van der Waals surface area contributed by atoms with E-state index >= 15 is 0 Å². The summed E-state index contributed by atoms with van der Waals surface area (Å²) in [6.45, 7) is 2.78. The van der Waals surface area contributed by atoms with Gasteiger partial charge in [0.25, 0.3) is 0 Å². The van der Waals surface area contributed by atoms with Crippen molar-refractivity contribution in [3.8, 4) is 0 Å². The van der Waals surface area contributed by atoms with Crippen molar-refractivity contribution in [3.63, 3.8) is 0 Å². The number of hydrogen-bond donors (Lipinski definition) is 1. The van der Waals surface area contributed by atoms with Crippen molar-refractivity contribution in [2.24, 2.45) is 7.05 Å². The molecule has 0 unspecified atom stereocenters. The molecule has 1 aromatic heterocycles. The summed E-state index contributed by atoms with van der Waals surface area (Å²) in [5.74, 6) is 0. The highest BCUT2D eigenvalue weighted by Gasteiger charge is 1.97. The Morgan fingerprint density at radius 3 is 2.93 bits per heavy atom. The molecule has 0 aliphatic carbocycles. The molecule has 2 aromatic rings. The van der Waals surface area contributed by atoms with Crippen LogP contribution in [-0.4, -0.2) is 15.0 Å². The molecular weight excluding hydrogens is 188 g/mol. The molecule has 0 saturated carbocycles. The van der Waals surface area contributed by atoms with E-state index in [1.165, 1.54) is 5.56 Å².